The molecule has 0 saturated carbocycles. The zero-order valence-corrected chi connectivity index (χ0v) is 10.4. The Balaban J connectivity index is 3.56. The maximum Gasteiger partial charge on any atom is 0.0471 e. The lowest BCUT2D eigenvalue weighted by atomic mass is 10.2. The molecule has 0 aliphatic heterocycles. The van der Waals surface area contributed by atoms with Gasteiger partial charge in [-0.3, -0.25) is 4.21 Å². The Bertz CT molecular complexity index is 153. The van der Waals surface area contributed by atoms with Crippen LogP contribution >= 0.6 is 0 Å². The molecular weight excluding hydrogens is 198 g/mol. The first-order chi connectivity index (χ1) is 6.74. The van der Waals surface area contributed by atoms with Crippen LogP contribution in [0.4, 0.5) is 0 Å². The average molecular weight is 221 g/mol. The molecule has 0 fully saturated rings. The van der Waals surface area contributed by atoms with E-state index in [2.05, 4.69) is 12.2 Å². The molecule has 0 rings (SSSR count). The van der Waals surface area contributed by atoms with Gasteiger partial charge in [-0.25, -0.2) is 0 Å². The number of rotatable bonds is 9. The quantitative estimate of drug-likeness (QED) is 0.594. The van der Waals surface area contributed by atoms with Crippen LogP contribution in [0.25, 0.3) is 0 Å². The van der Waals surface area contributed by atoms with Crippen molar-refractivity contribution in [1.82, 2.24) is 5.32 Å². The van der Waals surface area contributed by atoms with E-state index in [1.54, 1.807) is 7.11 Å². The molecule has 0 aromatic carbocycles. The van der Waals surface area contributed by atoms with Gasteiger partial charge in [0.15, 0.2) is 0 Å². The van der Waals surface area contributed by atoms with Gasteiger partial charge in [0.05, 0.1) is 0 Å². The molecule has 0 bridgehead atoms. The van der Waals surface area contributed by atoms with Gasteiger partial charge in [-0.1, -0.05) is 13.3 Å². The second kappa shape index (κ2) is 9.62. The van der Waals surface area contributed by atoms with Crippen LogP contribution in [0.2, 0.25) is 0 Å². The summed E-state index contributed by atoms with van der Waals surface area (Å²) in [6, 6.07) is 0.406. The van der Waals surface area contributed by atoms with Crippen LogP contribution in [-0.2, 0) is 15.5 Å². The summed E-state index contributed by atoms with van der Waals surface area (Å²) in [5, 5.41) is 3.20. The molecule has 0 heterocycles. The Labute approximate surface area is 90.1 Å². The molecule has 2 atom stereocenters. The lowest BCUT2D eigenvalue weighted by Crippen LogP contribution is -2.31. The predicted octanol–water partition coefficient (Wildman–Crippen LogP) is 1.16. The van der Waals surface area contributed by atoms with Crippen molar-refractivity contribution in [3.05, 3.63) is 0 Å². The maximum absolute atomic E-state index is 11.6. The van der Waals surface area contributed by atoms with Gasteiger partial charge in [-0.2, -0.15) is 0 Å². The summed E-state index contributed by atoms with van der Waals surface area (Å²) < 4.78 is 16.5. The molecule has 0 aromatic rings. The van der Waals surface area contributed by atoms with E-state index >= 15 is 0 Å². The average Bonchev–Trinajstić information content (AvgIpc) is 2.17. The van der Waals surface area contributed by atoms with Crippen molar-refractivity contribution >= 4 is 10.8 Å². The van der Waals surface area contributed by atoms with E-state index in [1.807, 2.05) is 7.05 Å². The van der Waals surface area contributed by atoms with Crippen LogP contribution in [0.15, 0.2) is 0 Å². The van der Waals surface area contributed by atoms with Crippen molar-refractivity contribution in [2.24, 2.45) is 0 Å². The molecule has 86 valence electrons. The summed E-state index contributed by atoms with van der Waals surface area (Å²) in [5.41, 5.74) is 0. The number of methoxy groups -OCH3 is 1. The number of ether oxygens (including phenoxy) is 1. The van der Waals surface area contributed by atoms with Crippen molar-refractivity contribution in [3.63, 3.8) is 0 Å². The van der Waals surface area contributed by atoms with E-state index in [9.17, 15) is 4.21 Å². The van der Waals surface area contributed by atoms with E-state index in [1.165, 1.54) is 0 Å². The molecule has 0 saturated heterocycles. The van der Waals surface area contributed by atoms with E-state index < -0.39 is 10.8 Å². The zero-order chi connectivity index (χ0) is 10.8. The van der Waals surface area contributed by atoms with Crippen molar-refractivity contribution in [2.75, 3.05) is 32.3 Å². The monoisotopic (exact) mass is 221 g/mol. The highest BCUT2D eigenvalue weighted by Gasteiger charge is 2.09. The zero-order valence-electron chi connectivity index (χ0n) is 9.54. The summed E-state index contributed by atoms with van der Waals surface area (Å²) in [6.07, 6.45) is 3.14. The minimum Gasteiger partial charge on any atom is -0.385 e. The molecule has 0 amide bonds. The lowest BCUT2D eigenvalue weighted by molar-refractivity contribution is 0.200. The third-order valence-electron chi connectivity index (χ3n) is 2.15. The van der Waals surface area contributed by atoms with Crippen molar-refractivity contribution < 1.29 is 8.95 Å². The smallest absolute Gasteiger partial charge is 0.0471 e. The Kier molecular flexibility index (Phi) is 9.67. The second-order valence-corrected chi connectivity index (χ2v) is 5.05. The topological polar surface area (TPSA) is 38.3 Å². The summed E-state index contributed by atoms with van der Waals surface area (Å²) >= 11 is 0. The number of hydrogen-bond acceptors (Lipinski definition) is 3. The van der Waals surface area contributed by atoms with Gasteiger partial charge in [-0.15, -0.1) is 0 Å². The molecular formula is C10H23NO2S. The first-order valence-corrected chi connectivity index (χ1v) is 6.74. The van der Waals surface area contributed by atoms with Crippen LogP contribution < -0.4 is 5.32 Å². The summed E-state index contributed by atoms with van der Waals surface area (Å²) in [7, 11) is 2.92. The highest BCUT2D eigenvalue weighted by Crippen LogP contribution is 1.99. The molecule has 0 radical (unpaired) electrons. The minimum absolute atomic E-state index is 0.406. The SMILES string of the molecule is CCCC(CS(=O)CCCOC)NC. The van der Waals surface area contributed by atoms with Crippen LogP contribution in [0.1, 0.15) is 26.2 Å². The van der Waals surface area contributed by atoms with Gasteiger partial charge >= 0.3 is 0 Å². The number of hydrogen-bond donors (Lipinski definition) is 1. The molecule has 1 N–H and O–H groups in total. The van der Waals surface area contributed by atoms with E-state index in [0.29, 0.717) is 12.6 Å². The highest BCUT2D eigenvalue weighted by atomic mass is 32.2. The molecule has 4 heteroatoms. The molecule has 0 aliphatic rings. The Morgan fingerprint density at radius 3 is 2.71 bits per heavy atom. The lowest BCUT2D eigenvalue weighted by Gasteiger charge is -2.14. The molecule has 0 aromatic heterocycles. The van der Waals surface area contributed by atoms with Gasteiger partial charge in [-0.05, 0) is 19.9 Å². The summed E-state index contributed by atoms with van der Waals surface area (Å²) in [6.45, 7) is 2.86. The highest BCUT2D eigenvalue weighted by molar-refractivity contribution is 7.85. The fourth-order valence-corrected chi connectivity index (χ4v) is 2.72. The fraction of sp³-hybridized carbons (Fsp3) is 1.00. The Morgan fingerprint density at radius 1 is 1.50 bits per heavy atom. The van der Waals surface area contributed by atoms with Crippen molar-refractivity contribution in [2.45, 2.75) is 32.2 Å². The second-order valence-electron chi connectivity index (χ2n) is 3.43. The van der Waals surface area contributed by atoms with Gasteiger partial charge in [0.2, 0.25) is 0 Å². The van der Waals surface area contributed by atoms with E-state index in [4.69, 9.17) is 4.74 Å². The van der Waals surface area contributed by atoms with Crippen LogP contribution in [0.3, 0.4) is 0 Å². The molecule has 0 aliphatic carbocycles. The first kappa shape index (κ1) is 14.1. The van der Waals surface area contributed by atoms with Crippen molar-refractivity contribution in [1.29, 1.82) is 0 Å². The van der Waals surface area contributed by atoms with E-state index in [0.717, 1.165) is 30.8 Å². The Morgan fingerprint density at radius 2 is 2.21 bits per heavy atom. The number of nitrogens with one attached hydrogen (secondary N) is 1. The van der Waals surface area contributed by atoms with Gasteiger partial charge in [0.1, 0.15) is 0 Å². The standard InChI is InChI=1S/C10H23NO2S/c1-4-6-10(11-2)9-14(12)8-5-7-13-3/h10-11H,4-9H2,1-3H3. The van der Waals surface area contributed by atoms with Crippen molar-refractivity contribution in [3.8, 4) is 0 Å². The molecule has 3 nitrogen and oxygen atoms in total. The molecule has 0 spiro atoms. The van der Waals surface area contributed by atoms with Crippen LogP contribution in [0, 0.1) is 0 Å². The van der Waals surface area contributed by atoms with Gasteiger partial charge < -0.3 is 10.1 Å². The molecule has 14 heavy (non-hydrogen) atoms. The van der Waals surface area contributed by atoms with Crippen LogP contribution in [-0.4, -0.2) is 42.5 Å². The Hall–Kier alpha value is 0.0700. The predicted molar refractivity (Wildman–Crippen MR) is 62.1 cm³/mol. The van der Waals surface area contributed by atoms with Crippen LogP contribution in [0.5, 0.6) is 0 Å². The largest absolute Gasteiger partial charge is 0.385 e. The molecule has 2 unspecified atom stereocenters. The normalized spacial score (nSPS) is 15.4. The van der Waals surface area contributed by atoms with Gasteiger partial charge in [0.25, 0.3) is 0 Å². The third kappa shape index (κ3) is 7.47. The van der Waals surface area contributed by atoms with E-state index in [-0.39, 0.29) is 0 Å². The minimum atomic E-state index is -0.695. The summed E-state index contributed by atoms with van der Waals surface area (Å²) in [5.74, 6) is 1.53. The maximum atomic E-state index is 11.6. The fourth-order valence-electron chi connectivity index (χ4n) is 1.33. The first-order valence-electron chi connectivity index (χ1n) is 5.25. The van der Waals surface area contributed by atoms with Gasteiger partial charge in [0, 0.05) is 42.1 Å². The summed E-state index contributed by atoms with van der Waals surface area (Å²) in [4.78, 5) is 0. The third-order valence-corrected chi connectivity index (χ3v) is 3.67.